The molecule has 1 aromatic rings. The van der Waals surface area contributed by atoms with Crippen LogP contribution in [0.5, 0.6) is 0 Å². The lowest BCUT2D eigenvalue weighted by atomic mass is 10.1. The number of nitrogens with zero attached hydrogens (tertiary/aromatic N) is 2. The van der Waals surface area contributed by atoms with Crippen LogP contribution < -0.4 is 4.90 Å². The molecule has 2 rings (SSSR count). The highest BCUT2D eigenvalue weighted by atomic mass is 79.9. The molecule has 1 aliphatic rings. The minimum atomic E-state index is 0.0829. The normalized spacial score (nSPS) is 19.3. The molecule has 5 heteroatoms. The number of anilines is 1. The topological polar surface area (TPSA) is 32.8 Å². The summed E-state index contributed by atoms with van der Waals surface area (Å²) in [6.07, 6.45) is 0.0961. The molecule has 0 aromatic heterocycles. The number of carbonyl (C=O) groups excluding carboxylic acids is 1. The van der Waals surface area contributed by atoms with Gasteiger partial charge in [0.25, 0.3) is 5.91 Å². The van der Waals surface area contributed by atoms with E-state index >= 15 is 0 Å². The lowest BCUT2D eigenvalue weighted by molar-refractivity contribution is -0.00964. The Bertz CT molecular complexity index is 434. The molecule has 0 spiro atoms. The maximum atomic E-state index is 12.4. The van der Waals surface area contributed by atoms with Crippen LogP contribution >= 0.6 is 15.9 Å². The molecule has 19 heavy (non-hydrogen) atoms. The molecule has 0 radical (unpaired) electrons. The summed E-state index contributed by atoms with van der Waals surface area (Å²) in [7, 11) is 3.97. The zero-order valence-electron chi connectivity index (χ0n) is 11.3. The van der Waals surface area contributed by atoms with Crippen LogP contribution in [0.15, 0.2) is 24.3 Å². The Morgan fingerprint density at radius 2 is 2.11 bits per heavy atom. The number of benzene rings is 1. The molecule has 0 N–H and O–H groups in total. The van der Waals surface area contributed by atoms with Crippen LogP contribution in [0.2, 0.25) is 0 Å². The summed E-state index contributed by atoms with van der Waals surface area (Å²) in [5.41, 5.74) is 1.83. The van der Waals surface area contributed by atoms with Crippen molar-refractivity contribution < 1.29 is 9.53 Å². The highest BCUT2D eigenvalue weighted by Crippen LogP contribution is 2.16. The molecule has 0 aliphatic carbocycles. The number of alkyl halides is 1. The first-order valence-electron chi connectivity index (χ1n) is 6.36. The van der Waals surface area contributed by atoms with E-state index in [1.807, 2.05) is 48.2 Å². The van der Waals surface area contributed by atoms with Crippen molar-refractivity contribution in [2.24, 2.45) is 0 Å². The lowest BCUT2D eigenvalue weighted by Gasteiger charge is -2.32. The fourth-order valence-electron chi connectivity index (χ4n) is 2.08. The van der Waals surface area contributed by atoms with Crippen molar-refractivity contribution in [2.75, 3.05) is 44.0 Å². The summed E-state index contributed by atoms with van der Waals surface area (Å²) in [6.45, 7) is 1.93. The number of amides is 1. The van der Waals surface area contributed by atoms with Gasteiger partial charge >= 0.3 is 0 Å². The maximum absolute atomic E-state index is 12.4. The minimum absolute atomic E-state index is 0.0829. The average molecular weight is 327 g/mol. The first-order valence-corrected chi connectivity index (χ1v) is 7.48. The van der Waals surface area contributed by atoms with Gasteiger partial charge in [0.15, 0.2) is 0 Å². The van der Waals surface area contributed by atoms with Crippen LogP contribution in [0.25, 0.3) is 0 Å². The van der Waals surface area contributed by atoms with Gasteiger partial charge in [-0.2, -0.15) is 0 Å². The van der Waals surface area contributed by atoms with E-state index in [4.69, 9.17) is 4.74 Å². The Morgan fingerprint density at radius 3 is 2.68 bits per heavy atom. The monoisotopic (exact) mass is 326 g/mol. The van der Waals surface area contributed by atoms with Crippen LogP contribution in [0.3, 0.4) is 0 Å². The van der Waals surface area contributed by atoms with Crippen LogP contribution in [0.4, 0.5) is 5.69 Å². The number of carbonyl (C=O) groups is 1. The van der Waals surface area contributed by atoms with Crippen LogP contribution in [-0.4, -0.2) is 56.0 Å². The van der Waals surface area contributed by atoms with Gasteiger partial charge in [-0.15, -0.1) is 0 Å². The molecule has 4 nitrogen and oxygen atoms in total. The Labute approximate surface area is 122 Å². The summed E-state index contributed by atoms with van der Waals surface area (Å²) >= 11 is 3.40. The molecule has 1 atom stereocenters. The Hall–Kier alpha value is -1.07. The number of morpholine rings is 1. The summed E-state index contributed by atoms with van der Waals surface area (Å²) in [5.74, 6) is 0.0829. The summed E-state index contributed by atoms with van der Waals surface area (Å²) in [6, 6.07) is 7.71. The second-order valence-corrected chi connectivity index (χ2v) is 5.49. The summed E-state index contributed by atoms with van der Waals surface area (Å²) in [5, 5.41) is 0.760. The highest BCUT2D eigenvalue weighted by molar-refractivity contribution is 9.09. The van der Waals surface area contributed by atoms with Gasteiger partial charge in [0.2, 0.25) is 0 Å². The number of ether oxygens (including phenoxy) is 1. The van der Waals surface area contributed by atoms with E-state index in [2.05, 4.69) is 15.9 Å². The van der Waals surface area contributed by atoms with Gasteiger partial charge in [0.1, 0.15) is 0 Å². The van der Waals surface area contributed by atoms with Gasteiger partial charge < -0.3 is 14.5 Å². The van der Waals surface area contributed by atoms with Gasteiger partial charge in [0.05, 0.1) is 12.7 Å². The number of rotatable bonds is 3. The molecule has 0 bridgehead atoms. The third-order valence-corrected chi connectivity index (χ3v) is 3.95. The Balaban J connectivity index is 2.06. The van der Waals surface area contributed by atoms with Crippen LogP contribution in [-0.2, 0) is 4.74 Å². The third kappa shape index (κ3) is 3.48. The average Bonchev–Trinajstić information content (AvgIpc) is 2.46. The SMILES string of the molecule is CN(C)c1ccc(C(=O)N2CCOC(CBr)C2)cc1. The van der Waals surface area contributed by atoms with E-state index in [1.54, 1.807) is 0 Å². The van der Waals surface area contributed by atoms with E-state index in [9.17, 15) is 4.79 Å². The molecule has 1 unspecified atom stereocenters. The highest BCUT2D eigenvalue weighted by Gasteiger charge is 2.24. The quantitative estimate of drug-likeness (QED) is 0.796. The van der Waals surface area contributed by atoms with Gasteiger partial charge in [-0.25, -0.2) is 0 Å². The fourth-order valence-corrected chi connectivity index (χ4v) is 2.47. The fraction of sp³-hybridized carbons (Fsp3) is 0.500. The van der Waals surface area contributed by atoms with Gasteiger partial charge in [-0.3, -0.25) is 4.79 Å². The van der Waals surface area contributed by atoms with Gasteiger partial charge in [0, 0.05) is 43.8 Å². The van der Waals surface area contributed by atoms with Crippen molar-refractivity contribution in [2.45, 2.75) is 6.10 Å². The van der Waals surface area contributed by atoms with Crippen molar-refractivity contribution in [3.63, 3.8) is 0 Å². The van der Waals surface area contributed by atoms with Gasteiger partial charge in [-0.05, 0) is 24.3 Å². The van der Waals surface area contributed by atoms with E-state index in [0.717, 1.165) is 16.6 Å². The number of halogens is 1. The molecule has 1 amide bonds. The number of hydrogen-bond donors (Lipinski definition) is 0. The minimum Gasteiger partial charge on any atom is -0.378 e. The molecule has 1 aliphatic heterocycles. The van der Waals surface area contributed by atoms with Crippen molar-refractivity contribution in [1.82, 2.24) is 4.90 Å². The van der Waals surface area contributed by atoms with Crippen molar-refractivity contribution in [1.29, 1.82) is 0 Å². The predicted octanol–water partition coefficient (Wildman–Crippen LogP) is 1.99. The molecule has 1 aromatic carbocycles. The molecular formula is C14H19BrN2O2. The van der Waals surface area contributed by atoms with Gasteiger partial charge in [-0.1, -0.05) is 15.9 Å². The van der Waals surface area contributed by atoms with E-state index in [-0.39, 0.29) is 12.0 Å². The summed E-state index contributed by atoms with van der Waals surface area (Å²) in [4.78, 5) is 16.3. The zero-order valence-corrected chi connectivity index (χ0v) is 12.9. The van der Waals surface area contributed by atoms with E-state index in [1.165, 1.54) is 0 Å². The van der Waals surface area contributed by atoms with Crippen molar-refractivity contribution in [3.8, 4) is 0 Å². The Morgan fingerprint density at radius 1 is 1.42 bits per heavy atom. The van der Waals surface area contributed by atoms with Crippen LogP contribution in [0, 0.1) is 0 Å². The molecule has 0 saturated carbocycles. The second-order valence-electron chi connectivity index (χ2n) is 4.84. The standard InChI is InChI=1S/C14H19BrN2O2/c1-16(2)12-5-3-11(4-6-12)14(18)17-7-8-19-13(9-15)10-17/h3-6,13H,7-10H2,1-2H3. The predicted molar refractivity (Wildman–Crippen MR) is 80.2 cm³/mol. The zero-order chi connectivity index (χ0) is 13.8. The Kier molecular flexibility index (Phi) is 4.82. The smallest absolute Gasteiger partial charge is 0.254 e. The maximum Gasteiger partial charge on any atom is 0.254 e. The second kappa shape index (κ2) is 6.39. The molecule has 104 valence electrons. The van der Waals surface area contributed by atoms with E-state index in [0.29, 0.717) is 19.7 Å². The molecule has 1 fully saturated rings. The van der Waals surface area contributed by atoms with E-state index < -0.39 is 0 Å². The molecular weight excluding hydrogens is 308 g/mol. The molecule has 1 heterocycles. The summed E-state index contributed by atoms with van der Waals surface area (Å²) < 4.78 is 5.55. The third-order valence-electron chi connectivity index (χ3n) is 3.23. The molecule has 1 saturated heterocycles. The first-order chi connectivity index (χ1) is 9.11. The largest absolute Gasteiger partial charge is 0.378 e. The van der Waals surface area contributed by atoms with Crippen molar-refractivity contribution in [3.05, 3.63) is 29.8 Å². The van der Waals surface area contributed by atoms with Crippen molar-refractivity contribution >= 4 is 27.5 Å². The number of hydrogen-bond acceptors (Lipinski definition) is 3. The first kappa shape index (κ1) is 14.3. The lowest BCUT2D eigenvalue weighted by Crippen LogP contribution is -2.46. The van der Waals surface area contributed by atoms with Crippen LogP contribution in [0.1, 0.15) is 10.4 Å².